The first-order valence-electron chi connectivity index (χ1n) is 7.83. The van der Waals surface area contributed by atoms with Crippen molar-refractivity contribution in [3.63, 3.8) is 0 Å². The molecule has 2 aliphatic rings. The normalized spacial score (nSPS) is 23.7. The molecule has 1 saturated heterocycles. The molecule has 1 aliphatic carbocycles. The van der Waals surface area contributed by atoms with E-state index in [0.29, 0.717) is 24.5 Å². The van der Waals surface area contributed by atoms with Gasteiger partial charge in [0.1, 0.15) is 5.75 Å². The highest BCUT2D eigenvalue weighted by molar-refractivity contribution is 5.99. The van der Waals surface area contributed by atoms with Crippen LogP contribution in [0.3, 0.4) is 0 Å². The second kappa shape index (κ2) is 6.29. The van der Waals surface area contributed by atoms with E-state index < -0.39 is 6.10 Å². The Morgan fingerprint density at radius 3 is 2.33 bits per heavy atom. The molecule has 2 fully saturated rings. The van der Waals surface area contributed by atoms with Gasteiger partial charge in [-0.15, -0.1) is 0 Å². The van der Waals surface area contributed by atoms with E-state index in [0.717, 1.165) is 0 Å². The van der Waals surface area contributed by atoms with Crippen LogP contribution >= 0.6 is 0 Å². The molecule has 1 saturated carbocycles. The van der Waals surface area contributed by atoms with Crippen LogP contribution in [0.1, 0.15) is 56.4 Å². The average Bonchev–Trinajstić information content (AvgIpc) is 2.52. The molecule has 3 rings (SSSR count). The molecule has 1 atom stereocenters. The number of rotatable bonds is 3. The fraction of sp³-hybridized carbons (Fsp3) is 0.529. The third-order valence-corrected chi connectivity index (χ3v) is 4.42. The van der Waals surface area contributed by atoms with E-state index in [-0.39, 0.29) is 11.8 Å². The maximum Gasteiger partial charge on any atom is 0.267 e. The number of amides is 2. The van der Waals surface area contributed by atoms with Crippen LogP contribution in [0, 0.1) is 0 Å². The third-order valence-electron chi connectivity index (χ3n) is 4.42. The van der Waals surface area contributed by atoms with Crippen LogP contribution in [0.2, 0.25) is 0 Å². The zero-order valence-corrected chi connectivity index (χ0v) is 12.1. The van der Waals surface area contributed by atoms with Gasteiger partial charge in [-0.1, -0.05) is 31.4 Å². The van der Waals surface area contributed by atoms with E-state index in [4.69, 9.17) is 4.74 Å². The Balaban J connectivity index is 1.61. The maximum atomic E-state index is 11.7. The number of benzene rings is 1. The first kappa shape index (κ1) is 14.1. The van der Waals surface area contributed by atoms with Gasteiger partial charge in [0.2, 0.25) is 5.91 Å². The molecule has 1 heterocycles. The minimum atomic E-state index is -0.553. The fourth-order valence-electron chi connectivity index (χ4n) is 3.20. The second-order valence-electron chi connectivity index (χ2n) is 5.96. The van der Waals surface area contributed by atoms with Gasteiger partial charge in [-0.3, -0.25) is 14.9 Å². The fourth-order valence-corrected chi connectivity index (χ4v) is 3.20. The van der Waals surface area contributed by atoms with Gasteiger partial charge in [-0.2, -0.15) is 0 Å². The van der Waals surface area contributed by atoms with Gasteiger partial charge < -0.3 is 4.74 Å². The largest absolute Gasteiger partial charge is 0.481 e. The lowest BCUT2D eigenvalue weighted by Gasteiger charge is -2.24. The Kier molecular flexibility index (Phi) is 4.23. The summed E-state index contributed by atoms with van der Waals surface area (Å²) in [6.07, 6.45) is 6.78. The zero-order chi connectivity index (χ0) is 14.7. The predicted octanol–water partition coefficient (Wildman–Crippen LogP) is 2.92. The van der Waals surface area contributed by atoms with Crippen molar-refractivity contribution in [1.82, 2.24) is 5.32 Å². The molecule has 0 bridgehead atoms. The monoisotopic (exact) mass is 287 g/mol. The lowest BCUT2D eigenvalue weighted by atomic mass is 9.84. The van der Waals surface area contributed by atoms with Crippen molar-refractivity contribution in [2.75, 3.05) is 0 Å². The number of imide groups is 1. The van der Waals surface area contributed by atoms with Gasteiger partial charge in [-0.25, -0.2) is 0 Å². The summed E-state index contributed by atoms with van der Waals surface area (Å²) in [5, 5.41) is 2.31. The highest BCUT2D eigenvalue weighted by atomic mass is 16.5. The van der Waals surface area contributed by atoms with Crippen molar-refractivity contribution in [3.8, 4) is 5.75 Å². The number of hydrogen-bond acceptors (Lipinski definition) is 3. The van der Waals surface area contributed by atoms with Crippen LogP contribution in [-0.2, 0) is 9.59 Å². The van der Waals surface area contributed by atoms with Gasteiger partial charge in [-0.05, 0) is 36.5 Å². The van der Waals surface area contributed by atoms with Gasteiger partial charge >= 0.3 is 0 Å². The first-order valence-corrected chi connectivity index (χ1v) is 7.83. The molecule has 0 spiro atoms. The minimum Gasteiger partial charge on any atom is -0.481 e. The number of hydrogen-bond donors (Lipinski definition) is 1. The number of ether oxygens (including phenoxy) is 1. The van der Waals surface area contributed by atoms with Crippen LogP contribution in [0.15, 0.2) is 24.3 Å². The van der Waals surface area contributed by atoms with Crippen LogP contribution in [0.25, 0.3) is 0 Å². The Bertz CT molecular complexity index is 517. The minimum absolute atomic E-state index is 0.215. The lowest BCUT2D eigenvalue weighted by molar-refractivity contribution is -0.138. The molecule has 1 unspecified atom stereocenters. The molecular weight excluding hydrogens is 266 g/mol. The van der Waals surface area contributed by atoms with E-state index in [1.807, 2.05) is 12.1 Å². The molecule has 2 amide bonds. The van der Waals surface area contributed by atoms with E-state index >= 15 is 0 Å². The van der Waals surface area contributed by atoms with Crippen LogP contribution in [-0.4, -0.2) is 17.9 Å². The highest BCUT2D eigenvalue weighted by Gasteiger charge is 2.28. The molecule has 4 nitrogen and oxygen atoms in total. The van der Waals surface area contributed by atoms with E-state index in [2.05, 4.69) is 17.4 Å². The summed E-state index contributed by atoms with van der Waals surface area (Å²) < 4.78 is 5.69. The summed E-state index contributed by atoms with van der Waals surface area (Å²) in [4.78, 5) is 22.8. The van der Waals surface area contributed by atoms with Gasteiger partial charge in [0, 0.05) is 12.8 Å². The first-order chi connectivity index (χ1) is 10.2. The standard InChI is InChI=1S/C17H21NO3/c19-16-11-10-15(17(20)18-16)21-14-8-6-13(7-9-14)12-4-2-1-3-5-12/h6-9,12,15H,1-5,10-11H2,(H,18,19,20). The average molecular weight is 287 g/mol. The number of piperidine rings is 1. The van der Waals surface area contributed by atoms with Crippen molar-refractivity contribution in [1.29, 1.82) is 0 Å². The summed E-state index contributed by atoms with van der Waals surface area (Å²) in [5.74, 6) is 0.822. The van der Waals surface area contributed by atoms with Crippen LogP contribution < -0.4 is 10.1 Å². The van der Waals surface area contributed by atoms with Crippen molar-refractivity contribution in [2.24, 2.45) is 0 Å². The van der Waals surface area contributed by atoms with E-state index in [1.54, 1.807) is 0 Å². The summed E-state index contributed by atoms with van der Waals surface area (Å²) in [6.45, 7) is 0. The van der Waals surface area contributed by atoms with Crippen molar-refractivity contribution >= 4 is 11.8 Å². The molecular formula is C17H21NO3. The Morgan fingerprint density at radius 1 is 0.952 bits per heavy atom. The molecule has 1 aliphatic heterocycles. The molecule has 0 radical (unpaired) electrons. The van der Waals surface area contributed by atoms with Gasteiger partial charge in [0.25, 0.3) is 5.91 Å². The molecule has 21 heavy (non-hydrogen) atoms. The third kappa shape index (κ3) is 3.43. The Hall–Kier alpha value is -1.84. The topological polar surface area (TPSA) is 55.4 Å². The zero-order valence-electron chi connectivity index (χ0n) is 12.1. The van der Waals surface area contributed by atoms with Crippen molar-refractivity contribution in [2.45, 2.75) is 57.0 Å². The van der Waals surface area contributed by atoms with Crippen LogP contribution in [0.4, 0.5) is 0 Å². The summed E-state index contributed by atoms with van der Waals surface area (Å²) in [6, 6.07) is 8.09. The molecule has 1 N–H and O–H groups in total. The number of carbonyl (C=O) groups is 2. The second-order valence-corrected chi connectivity index (χ2v) is 5.96. The highest BCUT2D eigenvalue weighted by Crippen LogP contribution is 2.33. The van der Waals surface area contributed by atoms with E-state index in [9.17, 15) is 9.59 Å². The molecule has 1 aromatic carbocycles. The summed E-state index contributed by atoms with van der Waals surface area (Å²) >= 11 is 0. The number of carbonyl (C=O) groups excluding carboxylic acids is 2. The lowest BCUT2D eigenvalue weighted by Crippen LogP contribution is -2.46. The Morgan fingerprint density at radius 2 is 1.67 bits per heavy atom. The summed E-state index contributed by atoms with van der Waals surface area (Å²) in [7, 11) is 0. The molecule has 1 aromatic rings. The molecule has 0 aromatic heterocycles. The summed E-state index contributed by atoms with van der Waals surface area (Å²) in [5.41, 5.74) is 1.37. The maximum absolute atomic E-state index is 11.7. The predicted molar refractivity (Wildman–Crippen MR) is 79.1 cm³/mol. The smallest absolute Gasteiger partial charge is 0.267 e. The SMILES string of the molecule is O=C1CCC(Oc2ccc(C3CCCCC3)cc2)C(=O)N1. The quantitative estimate of drug-likeness (QED) is 0.870. The van der Waals surface area contributed by atoms with Gasteiger partial charge in [0.15, 0.2) is 6.10 Å². The van der Waals surface area contributed by atoms with Crippen molar-refractivity contribution < 1.29 is 14.3 Å². The molecule has 112 valence electrons. The molecule has 4 heteroatoms. The Labute approximate surface area is 124 Å². The van der Waals surface area contributed by atoms with E-state index in [1.165, 1.54) is 37.7 Å². The van der Waals surface area contributed by atoms with Crippen LogP contribution in [0.5, 0.6) is 5.75 Å². The van der Waals surface area contributed by atoms with Gasteiger partial charge in [0.05, 0.1) is 0 Å². The van der Waals surface area contributed by atoms with Crippen molar-refractivity contribution in [3.05, 3.63) is 29.8 Å². The number of nitrogens with one attached hydrogen (secondary N) is 1.